The van der Waals surface area contributed by atoms with E-state index >= 15 is 0 Å². The molecule has 5 heteroatoms. The van der Waals surface area contributed by atoms with Crippen molar-refractivity contribution in [3.05, 3.63) is 34.9 Å². The number of hydrogen-bond donors (Lipinski definition) is 1. The molecular weight excluding hydrogens is 278 g/mol. The van der Waals surface area contributed by atoms with Crippen LogP contribution in [0.3, 0.4) is 0 Å². The standard InChI is InChI=1S/C15H22ClNO3/c1-10(2)20-15(19)11(3)17(4)9-14(18)12-7-5-6-8-13(12)16/h5-8,10-11,14,18H,9H2,1-4H3. The maximum absolute atomic E-state index is 11.8. The summed E-state index contributed by atoms with van der Waals surface area (Å²) in [5, 5.41) is 10.7. The van der Waals surface area contributed by atoms with Gasteiger partial charge in [0.15, 0.2) is 0 Å². The fraction of sp³-hybridized carbons (Fsp3) is 0.533. The molecule has 1 aromatic rings. The second-order valence-electron chi connectivity index (χ2n) is 5.14. The van der Waals surface area contributed by atoms with Crippen LogP contribution in [0.5, 0.6) is 0 Å². The highest BCUT2D eigenvalue weighted by atomic mass is 35.5. The average Bonchev–Trinajstić information content (AvgIpc) is 2.37. The van der Waals surface area contributed by atoms with Gasteiger partial charge in [0.05, 0.1) is 12.2 Å². The quantitative estimate of drug-likeness (QED) is 0.821. The number of carbonyl (C=O) groups is 1. The maximum Gasteiger partial charge on any atom is 0.323 e. The first-order valence-electron chi connectivity index (χ1n) is 6.66. The Hall–Kier alpha value is -1.10. The summed E-state index contributed by atoms with van der Waals surface area (Å²) in [4.78, 5) is 13.6. The molecule has 0 aliphatic heterocycles. The van der Waals surface area contributed by atoms with E-state index in [0.717, 1.165) is 0 Å². The summed E-state index contributed by atoms with van der Waals surface area (Å²) in [6, 6.07) is 6.72. The van der Waals surface area contributed by atoms with E-state index in [2.05, 4.69) is 0 Å². The smallest absolute Gasteiger partial charge is 0.323 e. The van der Waals surface area contributed by atoms with Crippen LogP contribution in [-0.2, 0) is 9.53 Å². The summed E-state index contributed by atoms with van der Waals surface area (Å²) >= 11 is 6.04. The van der Waals surface area contributed by atoms with Crippen molar-refractivity contribution in [1.82, 2.24) is 4.90 Å². The third-order valence-corrected chi connectivity index (χ3v) is 3.42. The Balaban J connectivity index is 2.63. The second-order valence-corrected chi connectivity index (χ2v) is 5.55. The Bertz CT molecular complexity index is 450. The number of halogens is 1. The Morgan fingerprint density at radius 2 is 1.95 bits per heavy atom. The largest absolute Gasteiger partial charge is 0.462 e. The number of carbonyl (C=O) groups excluding carboxylic acids is 1. The number of hydrogen-bond acceptors (Lipinski definition) is 4. The highest BCUT2D eigenvalue weighted by Gasteiger charge is 2.23. The maximum atomic E-state index is 11.8. The molecule has 0 saturated heterocycles. The minimum Gasteiger partial charge on any atom is -0.462 e. The van der Waals surface area contributed by atoms with Gasteiger partial charge in [-0.1, -0.05) is 29.8 Å². The molecule has 0 amide bonds. The van der Waals surface area contributed by atoms with Crippen LogP contribution < -0.4 is 0 Å². The predicted molar refractivity (Wildman–Crippen MR) is 79.7 cm³/mol. The first-order valence-corrected chi connectivity index (χ1v) is 7.04. The van der Waals surface area contributed by atoms with E-state index in [9.17, 15) is 9.90 Å². The third-order valence-electron chi connectivity index (χ3n) is 3.08. The van der Waals surface area contributed by atoms with Crippen molar-refractivity contribution >= 4 is 17.6 Å². The minimum absolute atomic E-state index is 0.146. The number of likely N-dealkylation sites (N-methyl/N-ethyl adjacent to an activating group) is 1. The van der Waals surface area contributed by atoms with Gasteiger partial charge >= 0.3 is 5.97 Å². The summed E-state index contributed by atoms with van der Waals surface area (Å²) in [6.45, 7) is 5.68. The molecule has 20 heavy (non-hydrogen) atoms. The minimum atomic E-state index is -0.747. The fourth-order valence-electron chi connectivity index (χ4n) is 1.79. The summed E-state index contributed by atoms with van der Waals surface area (Å²) in [7, 11) is 1.77. The Kier molecular flexibility index (Phi) is 6.46. The summed E-state index contributed by atoms with van der Waals surface area (Å²) in [5.41, 5.74) is 0.658. The molecular formula is C15H22ClNO3. The highest BCUT2D eigenvalue weighted by molar-refractivity contribution is 6.31. The van der Waals surface area contributed by atoms with E-state index in [1.807, 2.05) is 26.0 Å². The molecule has 0 saturated carbocycles. The van der Waals surface area contributed by atoms with Crippen LogP contribution >= 0.6 is 11.6 Å². The van der Waals surface area contributed by atoms with Gasteiger partial charge < -0.3 is 9.84 Å². The SMILES string of the molecule is CC(C)OC(=O)C(C)N(C)CC(O)c1ccccc1Cl. The van der Waals surface area contributed by atoms with Crippen molar-refractivity contribution in [2.75, 3.05) is 13.6 Å². The first kappa shape index (κ1) is 17.0. The van der Waals surface area contributed by atoms with E-state index in [-0.39, 0.29) is 12.1 Å². The van der Waals surface area contributed by atoms with E-state index in [0.29, 0.717) is 17.1 Å². The molecule has 0 spiro atoms. The van der Waals surface area contributed by atoms with Gasteiger partial charge in [-0.15, -0.1) is 0 Å². The van der Waals surface area contributed by atoms with Crippen LogP contribution in [0, 0.1) is 0 Å². The zero-order chi connectivity index (χ0) is 15.3. The Morgan fingerprint density at radius 3 is 2.50 bits per heavy atom. The molecule has 0 aromatic heterocycles. The predicted octanol–water partition coefficient (Wildman–Crippen LogP) is 2.65. The summed E-state index contributed by atoms with van der Waals surface area (Å²) < 4.78 is 5.16. The van der Waals surface area contributed by atoms with Crippen molar-refractivity contribution in [3.8, 4) is 0 Å². The van der Waals surface area contributed by atoms with Gasteiger partial charge in [0.25, 0.3) is 0 Å². The number of ether oxygens (including phenoxy) is 1. The number of nitrogens with zero attached hydrogens (tertiary/aromatic N) is 1. The van der Waals surface area contributed by atoms with Gasteiger partial charge in [0.1, 0.15) is 6.04 Å². The zero-order valence-corrected chi connectivity index (χ0v) is 13.1. The van der Waals surface area contributed by atoms with Crippen molar-refractivity contribution in [1.29, 1.82) is 0 Å². The first-order chi connectivity index (χ1) is 9.32. The lowest BCUT2D eigenvalue weighted by molar-refractivity contribution is -0.153. The molecule has 2 unspecified atom stereocenters. The second kappa shape index (κ2) is 7.62. The van der Waals surface area contributed by atoms with Crippen LogP contribution in [0.15, 0.2) is 24.3 Å². The lowest BCUT2D eigenvalue weighted by atomic mass is 10.1. The van der Waals surface area contributed by atoms with Gasteiger partial charge in [-0.2, -0.15) is 0 Å². The molecule has 4 nitrogen and oxygen atoms in total. The molecule has 112 valence electrons. The molecule has 0 aliphatic carbocycles. The molecule has 0 heterocycles. The molecule has 0 radical (unpaired) electrons. The Morgan fingerprint density at radius 1 is 1.35 bits per heavy atom. The van der Waals surface area contributed by atoms with Gasteiger partial charge in [-0.25, -0.2) is 0 Å². The molecule has 1 N–H and O–H groups in total. The monoisotopic (exact) mass is 299 g/mol. The lowest BCUT2D eigenvalue weighted by Crippen LogP contribution is -2.40. The van der Waals surface area contributed by atoms with Crippen LogP contribution in [0.2, 0.25) is 5.02 Å². The van der Waals surface area contributed by atoms with Crippen LogP contribution in [0.1, 0.15) is 32.4 Å². The fourth-order valence-corrected chi connectivity index (χ4v) is 2.05. The van der Waals surface area contributed by atoms with Gasteiger partial charge in [0, 0.05) is 17.1 Å². The van der Waals surface area contributed by atoms with Gasteiger partial charge in [0.2, 0.25) is 0 Å². The van der Waals surface area contributed by atoms with Crippen molar-refractivity contribution in [2.24, 2.45) is 0 Å². The lowest BCUT2D eigenvalue weighted by Gasteiger charge is -2.26. The number of benzene rings is 1. The molecule has 1 rings (SSSR count). The van der Waals surface area contributed by atoms with Gasteiger partial charge in [-0.3, -0.25) is 9.69 Å². The zero-order valence-electron chi connectivity index (χ0n) is 12.3. The average molecular weight is 300 g/mol. The molecule has 0 bridgehead atoms. The van der Waals surface area contributed by atoms with Gasteiger partial charge in [-0.05, 0) is 33.9 Å². The van der Waals surface area contributed by atoms with Crippen molar-refractivity contribution in [2.45, 2.75) is 39.0 Å². The van der Waals surface area contributed by atoms with Crippen LogP contribution in [-0.4, -0.2) is 41.7 Å². The molecule has 1 aromatic carbocycles. The third kappa shape index (κ3) is 4.78. The molecule has 0 aliphatic rings. The highest BCUT2D eigenvalue weighted by Crippen LogP contribution is 2.23. The summed E-state index contributed by atoms with van der Waals surface area (Å²) in [5.74, 6) is -0.297. The number of esters is 1. The number of rotatable bonds is 6. The normalized spacial score (nSPS) is 14.4. The van der Waals surface area contributed by atoms with E-state index < -0.39 is 12.1 Å². The van der Waals surface area contributed by atoms with Crippen molar-refractivity contribution in [3.63, 3.8) is 0 Å². The van der Waals surface area contributed by atoms with E-state index in [4.69, 9.17) is 16.3 Å². The molecule has 0 fully saturated rings. The summed E-state index contributed by atoms with van der Waals surface area (Å²) in [6.07, 6.45) is -0.894. The number of aliphatic hydroxyl groups excluding tert-OH is 1. The van der Waals surface area contributed by atoms with Crippen LogP contribution in [0.4, 0.5) is 0 Å². The van der Waals surface area contributed by atoms with Crippen LogP contribution in [0.25, 0.3) is 0 Å². The van der Waals surface area contributed by atoms with E-state index in [1.165, 1.54) is 0 Å². The van der Waals surface area contributed by atoms with E-state index in [1.54, 1.807) is 31.0 Å². The molecule has 2 atom stereocenters. The van der Waals surface area contributed by atoms with Crippen molar-refractivity contribution < 1.29 is 14.6 Å². The number of aliphatic hydroxyl groups is 1. The topological polar surface area (TPSA) is 49.8 Å². The Labute approximate surface area is 125 Å².